The van der Waals surface area contributed by atoms with Gasteiger partial charge in [-0.1, -0.05) is 230 Å². The summed E-state index contributed by atoms with van der Waals surface area (Å²) < 4.78 is 11.4. The van der Waals surface area contributed by atoms with Gasteiger partial charge in [0.05, 0.1) is 6.61 Å². The summed E-state index contributed by atoms with van der Waals surface area (Å²) in [6.45, 7) is 7.19. The summed E-state index contributed by atoms with van der Waals surface area (Å²) in [4.78, 5) is 54.9. The Hall–Kier alpha value is -3.26. The fourth-order valence-corrected chi connectivity index (χ4v) is 9.24. The van der Waals surface area contributed by atoms with Gasteiger partial charge < -0.3 is 45.6 Å². The third-order valence-corrected chi connectivity index (χ3v) is 13.8. The highest BCUT2D eigenvalue weighted by atomic mass is 16.6. The van der Waals surface area contributed by atoms with E-state index in [-0.39, 0.29) is 18.9 Å². The number of carbonyl (C=O) groups excluding carboxylic acids is 4. The van der Waals surface area contributed by atoms with Crippen LogP contribution < -0.4 is 16.0 Å². The molecule has 0 bridgehead atoms. The second-order valence-corrected chi connectivity index (χ2v) is 20.0. The van der Waals surface area contributed by atoms with Crippen molar-refractivity contribution >= 4 is 23.8 Å². The van der Waals surface area contributed by atoms with Gasteiger partial charge in [-0.15, -0.1) is 0 Å². The molecular formula is C56H100N4O9. The molecule has 0 aromatic heterocycles. The summed E-state index contributed by atoms with van der Waals surface area (Å²) in [5.74, 6) is -1.50. The van der Waals surface area contributed by atoms with E-state index in [1.54, 1.807) is 4.90 Å². The second-order valence-electron chi connectivity index (χ2n) is 20.0. The van der Waals surface area contributed by atoms with Gasteiger partial charge in [0.1, 0.15) is 43.0 Å². The predicted molar refractivity (Wildman–Crippen MR) is 277 cm³/mol. The lowest BCUT2D eigenvalue weighted by Crippen LogP contribution is -2.70. The maximum Gasteiger partial charge on any atom is 0.408 e. The maximum atomic E-state index is 14.2. The summed E-state index contributed by atoms with van der Waals surface area (Å²) >= 11 is 0. The first-order valence-electron chi connectivity index (χ1n) is 28.0. The summed E-state index contributed by atoms with van der Waals surface area (Å²) in [5.41, 5.74) is 0.785. The minimum atomic E-state index is -1.58. The topological polar surface area (TPSA) is 187 Å². The smallest absolute Gasteiger partial charge is 0.408 e. The number of carbonyl (C=O) groups is 4. The fraction of sp³-hybridized carbons (Fsp3) is 0.821. The summed E-state index contributed by atoms with van der Waals surface area (Å²) in [7, 11) is 0. The first kappa shape index (κ1) is 61.9. The fourth-order valence-electron chi connectivity index (χ4n) is 9.24. The Morgan fingerprint density at radius 1 is 0.580 bits per heavy atom. The quantitative estimate of drug-likeness (QED) is 0.0347. The lowest BCUT2D eigenvalue weighted by molar-refractivity contribution is -0.231. The minimum Gasteiger partial charge on any atom is -0.445 e. The van der Waals surface area contributed by atoms with Crippen molar-refractivity contribution in [1.29, 1.82) is 0 Å². The Morgan fingerprint density at radius 2 is 1.00 bits per heavy atom. The molecule has 398 valence electrons. The van der Waals surface area contributed by atoms with E-state index in [4.69, 9.17) is 9.47 Å². The molecule has 1 aromatic rings. The average molecular weight is 973 g/mol. The van der Waals surface area contributed by atoms with Crippen molar-refractivity contribution in [3.8, 4) is 0 Å². The number of aliphatic hydroxyl groups excluding tert-OH is 3. The molecule has 2 rings (SSSR count). The number of rotatable bonds is 42. The van der Waals surface area contributed by atoms with Crippen molar-refractivity contribution < 1.29 is 44.0 Å². The van der Waals surface area contributed by atoms with Crippen LogP contribution >= 0.6 is 0 Å². The Bertz CT molecular complexity index is 1450. The largest absolute Gasteiger partial charge is 0.445 e. The molecule has 0 radical (unpaired) electrons. The molecule has 1 aliphatic rings. The highest BCUT2D eigenvalue weighted by Gasteiger charge is 2.48. The van der Waals surface area contributed by atoms with E-state index in [0.717, 1.165) is 44.1 Å². The molecule has 13 heteroatoms. The average Bonchev–Trinajstić information content (AvgIpc) is 3.35. The van der Waals surface area contributed by atoms with Gasteiger partial charge in [0, 0.05) is 13.0 Å². The molecule has 0 aliphatic carbocycles. The van der Waals surface area contributed by atoms with Gasteiger partial charge in [-0.3, -0.25) is 14.4 Å². The van der Waals surface area contributed by atoms with Crippen molar-refractivity contribution in [2.75, 3.05) is 13.2 Å². The van der Waals surface area contributed by atoms with Crippen LogP contribution in [0.3, 0.4) is 0 Å². The Labute approximate surface area is 418 Å². The molecule has 1 saturated heterocycles. The number of amides is 4. The third kappa shape index (κ3) is 28.4. The van der Waals surface area contributed by atoms with Crippen molar-refractivity contribution in [1.82, 2.24) is 20.9 Å². The number of alkyl carbamates (subject to hydrolysis) is 1. The highest BCUT2D eigenvalue weighted by molar-refractivity contribution is 5.91. The number of benzene rings is 1. The van der Waals surface area contributed by atoms with Crippen molar-refractivity contribution in [3.05, 3.63) is 35.9 Å². The molecule has 0 spiro atoms. The molecule has 7 atom stereocenters. The van der Waals surface area contributed by atoms with Crippen LogP contribution in [0, 0.1) is 0 Å². The number of aliphatic hydroxyl groups is 3. The van der Waals surface area contributed by atoms with Crippen molar-refractivity contribution in [3.63, 3.8) is 0 Å². The third-order valence-electron chi connectivity index (χ3n) is 13.8. The molecule has 69 heavy (non-hydrogen) atoms. The minimum absolute atomic E-state index is 0.0221. The van der Waals surface area contributed by atoms with E-state index in [0.29, 0.717) is 19.4 Å². The molecule has 4 amide bonds. The second kappa shape index (κ2) is 40.3. The van der Waals surface area contributed by atoms with Gasteiger partial charge in [0.2, 0.25) is 17.7 Å². The molecule has 0 unspecified atom stereocenters. The maximum absolute atomic E-state index is 14.2. The SMILES string of the molecule is CCCCCCCCCCCCCCCCCCN(C(=O)CCCCCCCCCCCCCCCCC)[C@@H]1O[C@H](CO)[C@@H](O)[C@H](O)[C@H]1NC(=O)[C@H](C)NC(=O)[C@@H](C)NC(=O)OCc1ccccc1. The van der Waals surface area contributed by atoms with E-state index >= 15 is 0 Å². The van der Waals surface area contributed by atoms with E-state index in [1.165, 1.54) is 162 Å². The first-order valence-corrected chi connectivity index (χ1v) is 28.0. The van der Waals surface area contributed by atoms with Gasteiger partial charge in [-0.05, 0) is 32.3 Å². The number of unbranched alkanes of at least 4 members (excludes halogenated alkanes) is 29. The molecule has 1 heterocycles. The lowest BCUT2D eigenvalue weighted by Gasteiger charge is -2.47. The zero-order valence-electron chi connectivity index (χ0n) is 43.9. The molecular weight excluding hydrogens is 873 g/mol. The first-order chi connectivity index (χ1) is 33.5. The van der Waals surface area contributed by atoms with Crippen LogP contribution in [0.15, 0.2) is 30.3 Å². The van der Waals surface area contributed by atoms with Gasteiger partial charge in [0.15, 0.2) is 6.23 Å². The molecule has 1 aromatic carbocycles. The standard InChI is InChI=1S/C56H100N4O9/c1-5-7-9-11-13-15-17-19-21-23-25-27-29-31-33-38-42-60(49(62)41-37-32-30-28-26-24-22-20-18-16-14-12-10-8-6-2)55-50(52(64)51(63)48(43-61)69-55)59-54(66)45(3)57-53(65)46(4)58-56(67)68-44-47-39-35-34-36-40-47/h34-36,39-40,45-46,48,50-52,55,61,63-64H,5-33,37-38,41-44H2,1-4H3,(H,57,65)(H,58,67)(H,59,66)/t45-,46+,48+,50+,51+,52+,55+/m0/s1. The zero-order chi connectivity index (χ0) is 50.3. The number of hydrogen-bond acceptors (Lipinski definition) is 9. The van der Waals surface area contributed by atoms with Crippen LogP contribution in [0.2, 0.25) is 0 Å². The van der Waals surface area contributed by atoms with Crippen LogP contribution in [0.4, 0.5) is 4.79 Å². The molecule has 1 aliphatic heterocycles. The van der Waals surface area contributed by atoms with Gasteiger partial charge in [-0.2, -0.15) is 0 Å². The summed E-state index contributed by atoms with van der Waals surface area (Å²) in [6, 6.07) is 5.68. The van der Waals surface area contributed by atoms with E-state index in [1.807, 2.05) is 30.3 Å². The molecule has 0 saturated carbocycles. The number of nitrogens with one attached hydrogen (secondary N) is 3. The van der Waals surface area contributed by atoms with Crippen LogP contribution in [-0.2, 0) is 30.5 Å². The zero-order valence-corrected chi connectivity index (χ0v) is 43.9. The van der Waals surface area contributed by atoms with Crippen LogP contribution in [0.1, 0.15) is 239 Å². The van der Waals surface area contributed by atoms with Crippen molar-refractivity contribution in [2.45, 2.75) is 282 Å². The molecule has 13 nitrogen and oxygen atoms in total. The van der Waals surface area contributed by atoms with Crippen LogP contribution in [0.5, 0.6) is 0 Å². The summed E-state index contributed by atoms with van der Waals surface area (Å²) in [6.07, 6.45) is 31.7. The van der Waals surface area contributed by atoms with E-state index in [9.17, 15) is 34.5 Å². The van der Waals surface area contributed by atoms with Gasteiger partial charge >= 0.3 is 6.09 Å². The normalized spacial score (nSPS) is 18.9. The van der Waals surface area contributed by atoms with Gasteiger partial charge in [-0.25, -0.2) is 4.79 Å². The van der Waals surface area contributed by atoms with Crippen LogP contribution in [0.25, 0.3) is 0 Å². The Kier molecular flexibility index (Phi) is 36.2. The monoisotopic (exact) mass is 973 g/mol. The van der Waals surface area contributed by atoms with E-state index in [2.05, 4.69) is 29.8 Å². The predicted octanol–water partition coefficient (Wildman–Crippen LogP) is 11.1. The number of nitrogens with zero attached hydrogens (tertiary/aromatic N) is 1. The Morgan fingerprint density at radius 3 is 1.45 bits per heavy atom. The summed E-state index contributed by atoms with van der Waals surface area (Å²) in [5, 5.41) is 40.4. The Balaban J connectivity index is 1.96. The number of hydrogen-bond donors (Lipinski definition) is 6. The molecule has 6 N–H and O–H groups in total. The van der Waals surface area contributed by atoms with Crippen LogP contribution in [-0.4, -0.2) is 99.9 Å². The van der Waals surface area contributed by atoms with Gasteiger partial charge in [0.25, 0.3) is 0 Å². The molecule has 1 fully saturated rings. The van der Waals surface area contributed by atoms with E-state index < -0.39 is 67.2 Å². The lowest BCUT2D eigenvalue weighted by atomic mass is 9.94. The highest BCUT2D eigenvalue weighted by Crippen LogP contribution is 2.26. The number of ether oxygens (including phenoxy) is 2. The van der Waals surface area contributed by atoms with Crippen molar-refractivity contribution in [2.24, 2.45) is 0 Å².